The molecule has 0 atom stereocenters. The molecule has 4 nitrogen and oxygen atoms in total. The van der Waals surface area contributed by atoms with Gasteiger partial charge in [-0.05, 0) is 7.05 Å². The van der Waals surface area contributed by atoms with Crippen LogP contribution in [0.2, 0.25) is 0 Å². The second-order valence-corrected chi connectivity index (χ2v) is 2.32. The van der Waals surface area contributed by atoms with Crippen molar-refractivity contribution < 1.29 is 14.2 Å². The van der Waals surface area contributed by atoms with E-state index in [-0.39, 0.29) is 0 Å². The molecule has 0 rings (SSSR count). The summed E-state index contributed by atoms with van der Waals surface area (Å²) in [5.41, 5.74) is 0. The lowest BCUT2D eigenvalue weighted by Gasteiger charge is -2.04. The lowest BCUT2D eigenvalue weighted by atomic mass is 10.7. The molecule has 0 saturated heterocycles. The molecule has 0 aromatic carbocycles. The van der Waals surface area contributed by atoms with Gasteiger partial charge in [-0.2, -0.15) is 0 Å². The predicted octanol–water partition coefficient (Wildman–Crippen LogP) is 0.912. The van der Waals surface area contributed by atoms with Crippen molar-refractivity contribution in [1.29, 1.82) is 0 Å². The molecule has 0 aliphatic heterocycles. The molecular weight excluding hydrogens is 182 g/mol. The Balaban J connectivity index is 0. The van der Waals surface area contributed by atoms with Gasteiger partial charge < -0.3 is 19.5 Å². The van der Waals surface area contributed by atoms with E-state index in [0.717, 1.165) is 13.2 Å². The van der Waals surface area contributed by atoms with Crippen LogP contribution in [0.15, 0.2) is 0 Å². The highest BCUT2D eigenvalue weighted by Crippen LogP contribution is 1.78. The van der Waals surface area contributed by atoms with E-state index in [1.54, 1.807) is 7.11 Å². The van der Waals surface area contributed by atoms with Crippen molar-refractivity contribution in [3.8, 4) is 0 Å². The van der Waals surface area contributed by atoms with Crippen LogP contribution in [-0.4, -0.2) is 53.7 Å². The standard InChI is InChI=1S/C8H19NO3.C2H6/c1-9-3-4-11-7-8-12-6-5-10-2;1-2/h9H,3-8H2,1-2H3;1-2H3. The molecule has 4 heteroatoms. The average Bonchev–Trinajstić information content (AvgIpc) is 2.25. The van der Waals surface area contributed by atoms with Crippen molar-refractivity contribution in [3.63, 3.8) is 0 Å². The molecule has 14 heavy (non-hydrogen) atoms. The summed E-state index contributed by atoms with van der Waals surface area (Å²) in [6, 6.07) is 0. The first-order valence-electron chi connectivity index (χ1n) is 5.21. The Morgan fingerprint density at radius 1 is 0.857 bits per heavy atom. The van der Waals surface area contributed by atoms with Gasteiger partial charge in [0.1, 0.15) is 0 Å². The van der Waals surface area contributed by atoms with Crippen LogP contribution >= 0.6 is 0 Å². The monoisotopic (exact) mass is 207 g/mol. The predicted molar refractivity (Wildman–Crippen MR) is 58.8 cm³/mol. The van der Waals surface area contributed by atoms with Crippen LogP contribution in [0, 0.1) is 0 Å². The van der Waals surface area contributed by atoms with Crippen LogP contribution in [0.1, 0.15) is 13.8 Å². The van der Waals surface area contributed by atoms with Gasteiger partial charge >= 0.3 is 0 Å². The van der Waals surface area contributed by atoms with Crippen molar-refractivity contribution in [2.24, 2.45) is 0 Å². The lowest BCUT2D eigenvalue weighted by molar-refractivity contribution is 0.0258. The summed E-state index contributed by atoms with van der Waals surface area (Å²) in [5.74, 6) is 0. The van der Waals surface area contributed by atoms with E-state index in [9.17, 15) is 0 Å². The summed E-state index contributed by atoms with van der Waals surface area (Å²) < 4.78 is 15.2. The topological polar surface area (TPSA) is 39.7 Å². The SMILES string of the molecule is CC.CNCCOCCOCCOC. The van der Waals surface area contributed by atoms with Crippen LogP contribution in [0.5, 0.6) is 0 Å². The molecule has 0 spiro atoms. The van der Waals surface area contributed by atoms with Crippen LogP contribution in [-0.2, 0) is 14.2 Å². The third kappa shape index (κ3) is 17.8. The Kier molecular flexibility index (Phi) is 21.6. The molecule has 0 aliphatic carbocycles. The Labute approximate surface area is 87.9 Å². The largest absolute Gasteiger partial charge is 0.382 e. The summed E-state index contributed by atoms with van der Waals surface area (Å²) in [6.45, 7) is 8.23. The first-order chi connectivity index (χ1) is 6.91. The number of nitrogens with one attached hydrogen (secondary N) is 1. The van der Waals surface area contributed by atoms with Gasteiger partial charge in [0.05, 0.1) is 33.0 Å². The molecule has 0 saturated carbocycles. The lowest BCUT2D eigenvalue weighted by Crippen LogP contribution is -2.16. The van der Waals surface area contributed by atoms with E-state index in [4.69, 9.17) is 14.2 Å². The molecule has 0 aliphatic rings. The number of hydrogen-bond acceptors (Lipinski definition) is 4. The average molecular weight is 207 g/mol. The second kappa shape index (κ2) is 18.6. The minimum absolute atomic E-state index is 0.645. The quantitative estimate of drug-likeness (QED) is 0.571. The number of methoxy groups -OCH3 is 1. The van der Waals surface area contributed by atoms with Crippen molar-refractivity contribution in [2.45, 2.75) is 13.8 Å². The fraction of sp³-hybridized carbons (Fsp3) is 1.00. The molecular formula is C10H25NO3. The Bertz CT molecular complexity index is 71.8. The number of ether oxygens (including phenoxy) is 3. The van der Waals surface area contributed by atoms with Gasteiger partial charge in [0, 0.05) is 13.7 Å². The molecule has 88 valence electrons. The van der Waals surface area contributed by atoms with Crippen LogP contribution in [0.25, 0.3) is 0 Å². The zero-order valence-electron chi connectivity index (χ0n) is 9.97. The van der Waals surface area contributed by atoms with Gasteiger partial charge in [-0.25, -0.2) is 0 Å². The molecule has 0 fully saturated rings. The summed E-state index contributed by atoms with van der Waals surface area (Å²) in [5, 5.41) is 2.99. The molecule has 0 aromatic rings. The maximum atomic E-state index is 5.23. The maximum Gasteiger partial charge on any atom is 0.0701 e. The number of rotatable bonds is 9. The van der Waals surface area contributed by atoms with Gasteiger partial charge in [-0.15, -0.1) is 0 Å². The van der Waals surface area contributed by atoms with Gasteiger partial charge in [0.2, 0.25) is 0 Å². The smallest absolute Gasteiger partial charge is 0.0701 e. The number of likely N-dealkylation sites (N-methyl/N-ethyl adjacent to an activating group) is 1. The highest BCUT2D eigenvalue weighted by Gasteiger charge is 1.88. The molecule has 0 radical (unpaired) electrons. The van der Waals surface area contributed by atoms with E-state index >= 15 is 0 Å². The minimum atomic E-state index is 0.645. The van der Waals surface area contributed by atoms with E-state index in [0.29, 0.717) is 26.4 Å². The molecule has 0 unspecified atom stereocenters. The zero-order chi connectivity index (χ0) is 11.1. The Morgan fingerprint density at radius 2 is 1.36 bits per heavy atom. The highest BCUT2D eigenvalue weighted by atomic mass is 16.5. The summed E-state index contributed by atoms with van der Waals surface area (Å²) >= 11 is 0. The van der Waals surface area contributed by atoms with Crippen molar-refractivity contribution in [1.82, 2.24) is 5.32 Å². The molecule has 0 aromatic heterocycles. The van der Waals surface area contributed by atoms with Crippen LogP contribution in [0.4, 0.5) is 0 Å². The molecule has 0 bridgehead atoms. The van der Waals surface area contributed by atoms with E-state index in [2.05, 4.69) is 5.32 Å². The third-order valence-corrected chi connectivity index (χ3v) is 1.30. The van der Waals surface area contributed by atoms with Gasteiger partial charge in [-0.3, -0.25) is 0 Å². The highest BCUT2D eigenvalue weighted by molar-refractivity contribution is 4.36. The summed E-state index contributed by atoms with van der Waals surface area (Å²) in [7, 11) is 3.56. The first kappa shape index (κ1) is 16.3. The minimum Gasteiger partial charge on any atom is -0.382 e. The van der Waals surface area contributed by atoms with Gasteiger partial charge in [-0.1, -0.05) is 13.8 Å². The van der Waals surface area contributed by atoms with Gasteiger partial charge in [0.25, 0.3) is 0 Å². The maximum absolute atomic E-state index is 5.23. The fourth-order valence-corrected chi connectivity index (χ4v) is 0.638. The number of hydrogen-bond donors (Lipinski definition) is 1. The normalized spacial score (nSPS) is 9.43. The van der Waals surface area contributed by atoms with E-state index in [1.807, 2.05) is 20.9 Å². The molecule has 1 N–H and O–H groups in total. The van der Waals surface area contributed by atoms with E-state index < -0.39 is 0 Å². The summed E-state index contributed by atoms with van der Waals surface area (Å²) in [4.78, 5) is 0. The Morgan fingerprint density at radius 3 is 1.86 bits per heavy atom. The van der Waals surface area contributed by atoms with Crippen molar-refractivity contribution in [2.75, 3.05) is 53.7 Å². The zero-order valence-corrected chi connectivity index (χ0v) is 9.97. The molecule has 0 heterocycles. The van der Waals surface area contributed by atoms with Crippen LogP contribution in [0.3, 0.4) is 0 Å². The second-order valence-electron chi connectivity index (χ2n) is 2.32. The third-order valence-electron chi connectivity index (χ3n) is 1.30. The van der Waals surface area contributed by atoms with E-state index in [1.165, 1.54) is 0 Å². The van der Waals surface area contributed by atoms with Gasteiger partial charge in [0.15, 0.2) is 0 Å². The van der Waals surface area contributed by atoms with Crippen LogP contribution < -0.4 is 5.32 Å². The van der Waals surface area contributed by atoms with Crippen molar-refractivity contribution >= 4 is 0 Å². The first-order valence-corrected chi connectivity index (χ1v) is 5.21. The summed E-state index contributed by atoms with van der Waals surface area (Å²) in [6.07, 6.45) is 0. The Hall–Kier alpha value is -0.160. The fourth-order valence-electron chi connectivity index (χ4n) is 0.638. The molecule has 0 amide bonds. The van der Waals surface area contributed by atoms with Crippen molar-refractivity contribution in [3.05, 3.63) is 0 Å².